The van der Waals surface area contributed by atoms with Crippen molar-refractivity contribution in [2.24, 2.45) is 5.16 Å². The molecule has 66 valence electrons. The van der Waals surface area contributed by atoms with Crippen LogP contribution in [-0.4, -0.2) is 25.4 Å². The molecule has 0 saturated carbocycles. The summed E-state index contributed by atoms with van der Waals surface area (Å²) in [5, 5.41) is 6.92. The molecule has 0 heterocycles. The number of oxime groups is 1. The minimum Gasteiger partial charge on any atom is -0.393 e. The van der Waals surface area contributed by atoms with E-state index in [2.05, 4.69) is 10.5 Å². The third-order valence-electron chi connectivity index (χ3n) is 1.22. The van der Waals surface area contributed by atoms with Gasteiger partial charge in [-0.1, -0.05) is 5.16 Å². The average Bonchev–Trinajstić information content (AvgIpc) is 1.97. The van der Waals surface area contributed by atoms with E-state index in [4.69, 9.17) is 4.84 Å². The van der Waals surface area contributed by atoms with Crippen molar-refractivity contribution in [2.45, 2.75) is 33.3 Å². The van der Waals surface area contributed by atoms with Crippen molar-refractivity contribution in [1.82, 2.24) is 5.32 Å². The van der Waals surface area contributed by atoms with Crippen LogP contribution in [0.25, 0.3) is 0 Å². The van der Waals surface area contributed by atoms with Crippen molar-refractivity contribution in [3.05, 3.63) is 0 Å². The predicted octanol–water partition coefficient (Wildman–Crippen LogP) is 1.40. The Labute approximate surface area is 68.8 Å². The first-order chi connectivity index (χ1) is 5.16. The van der Waals surface area contributed by atoms with Gasteiger partial charge in [-0.2, -0.15) is 0 Å². The Kier molecular flexibility index (Phi) is 5.84. The molecule has 11 heavy (non-hydrogen) atoms. The Morgan fingerprint density at radius 1 is 1.55 bits per heavy atom. The molecule has 1 atom stereocenters. The molecule has 0 saturated heterocycles. The highest BCUT2D eigenvalue weighted by molar-refractivity contribution is 5.78. The molecule has 3 nitrogen and oxygen atoms in total. The van der Waals surface area contributed by atoms with Gasteiger partial charge in [0.25, 0.3) is 0 Å². The van der Waals surface area contributed by atoms with E-state index in [0.717, 1.165) is 18.7 Å². The van der Waals surface area contributed by atoms with Crippen LogP contribution in [-0.2, 0) is 4.84 Å². The van der Waals surface area contributed by atoms with Gasteiger partial charge < -0.3 is 10.2 Å². The van der Waals surface area contributed by atoms with Gasteiger partial charge in [0, 0.05) is 0 Å². The zero-order valence-corrected chi connectivity index (χ0v) is 7.85. The molecule has 0 bridgehead atoms. The lowest BCUT2D eigenvalue weighted by atomic mass is 10.3. The van der Waals surface area contributed by atoms with E-state index in [-0.39, 0.29) is 6.10 Å². The second-order valence-corrected chi connectivity index (χ2v) is 2.85. The zero-order valence-electron chi connectivity index (χ0n) is 7.85. The van der Waals surface area contributed by atoms with E-state index >= 15 is 0 Å². The molecule has 0 aliphatic rings. The fraction of sp³-hybridized carbons (Fsp3) is 0.875. The smallest absolute Gasteiger partial charge is 0.126 e. The van der Waals surface area contributed by atoms with Crippen LogP contribution in [0.1, 0.15) is 27.2 Å². The van der Waals surface area contributed by atoms with E-state index in [9.17, 15) is 0 Å². The quantitative estimate of drug-likeness (QED) is 0.484. The third kappa shape index (κ3) is 7.33. The van der Waals surface area contributed by atoms with Crippen molar-refractivity contribution in [3.8, 4) is 0 Å². The molecular formula is C8H18N2O. The van der Waals surface area contributed by atoms with Crippen molar-refractivity contribution < 1.29 is 4.84 Å². The molecule has 1 unspecified atom stereocenters. The number of rotatable bonds is 5. The number of nitrogens with one attached hydrogen (secondary N) is 1. The molecule has 0 aliphatic heterocycles. The molecule has 0 fully saturated rings. The van der Waals surface area contributed by atoms with Gasteiger partial charge in [-0.15, -0.1) is 0 Å². The lowest BCUT2D eigenvalue weighted by molar-refractivity contribution is 0.0666. The highest BCUT2D eigenvalue weighted by atomic mass is 16.6. The van der Waals surface area contributed by atoms with Crippen LogP contribution in [0.15, 0.2) is 5.16 Å². The number of hydrogen-bond donors (Lipinski definition) is 1. The number of nitrogens with zero attached hydrogens (tertiary/aromatic N) is 1. The molecule has 3 heteroatoms. The summed E-state index contributed by atoms with van der Waals surface area (Å²) in [6.07, 6.45) is 1.20. The maximum absolute atomic E-state index is 5.15. The molecule has 0 radical (unpaired) electrons. The predicted molar refractivity (Wildman–Crippen MR) is 47.9 cm³/mol. The Balaban J connectivity index is 3.36. The standard InChI is InChI=1S/C8H18N2O/c1-7(2)10-11-8(3)5-6-9-4/h8-9H,5-6H2,1-4H3. The Bertz CT molecular complexity index is 119. The van der Waals surface area contributed by atoms with Crippen LogP contribution in [0.4, 0.5) is 0 Å². The summed E-state index contributed by atoms with van der Waals surface area (Å²) >= 11 is 0. The second-order valence-electron chi connectivity index (χ2n) is 2.85. The summed E-state index contributed by atoms with van der Waals surface area (Å²) < 4.78 is 0. The second kappa shape index (κ2) is 6.16. The lowest BCUT2D eigenvalue weighted by Crippen LogP contribution is -2.15. The number of hydrogen-bond acceptors (Lipinski definition) is 3. The monoisotopic (exact) mass is 158 g/mol. The van der Waals surface area contributed by atoms with E-state index in [1.165, 1.54) is 0 Å². The van der Waals surface area contributed by atoms with Gasteiger partial charge in [0.15, 0.2) is 0 Å². The summed E-state index contributed by atoms with van der Waals surface area (Å²) in [7, 11) is 1.93. The average molecular weight is 158 g/mol. The zero-order chi connectivity index (χ0) is 8.69. The van der Waals surface area contributed by atoms with E-state index in [1.807, 2.05) is 27.8 Å². The first-order valence-electron chi connectivity index (χ1n) is 3.98. The van der Waals surface area contributed by atoms with Gasteiger partial charge in [0.05, 0.1) is 5.71 Å². The molecular weight excluding hydrogens is 140 g/mol. The minimum atomic E-state index is 0.206. The van der Waals surface area contributed by atoms with E-state index in [1.54, 1.807) is 0 Å². The van der Waals surface area contributed by atoms with Gasteiger partial charge in [-0.3, -0.25) is 0 Å². The molecule has 0 aromatic heterocycles. The van der Waals surface area contributed by atoms with Gasteiger partial charge in [0.2, 0.25) is 0 Å². The molecule has 0 aromatic carbocycles. The maximum atomic E-state index is 5.15. The van der Waals surface area contributed by atoms with Crippen molar-refractivity contribution >= 4 is 5.71 Å². The van der Waals surface area contributed by atoms with Gasteiger partial charge in [-0.25, -0.2) is 0 Å². The normalized spacial score (nSPS) is 12.4. The largest absolute Gasteiger partial charge is 0.393 e. The van der Waals surface area contributed by atoms with Crippen LogP contribution >= 0.6 is 0 Å². The van der Waals surface area contributed by atoms with Crippen molar-refractivity contribution in [1.29, 1.82) is 0 Å². The minimum absolute atomic E-state index is 0.206. The lowest BCUT2D eigenvalue weighted by Gasteiger charge is -2.08. The summed E-state index contributed by atoms with van der Waals surface area (Å²) in [5.74, 6) is 0. The van der Waals surface area contributed by atoms with Gasteiger partial charge in [0.1, 0.15) is 6.10 Å². The Morgan fingerprint density at radius 3 is 2.64 bits per heavy atom. The maximum Gasteiger partial charge on any atom is 0.126 e. The van der Waals surface area contributed by atoms with Crippen LogP contribution in [0.3, 0.4) is 0 Å². The molecule has 0 aliphatic carbocycles. The first-order valence-corrected chi connectivity index (χ1v) is 3.98. The highest BCUT2D eigenvalue weighted by Crippen LogP contribution is 1.96. The summed E-state index contributed by atoms with van der Waals surface area (Å²) in [4.78, 5) is 5.15. The molecule has 1 N–H and O–H groups in total. The summed E-state index contributed by atoms with van der Waals surface area (Å²) in [6, 6.07) is 0. The van der Waals surface area contributed by atoms with Crippen LogP contribution < -0.4 is 5.32 Å². The van der Waals surface area contributed by atoms with Gasteiger partial charge >= 0.3 is 0 Å². The Hall–Kier alpha value is -0.570. The summed E-state index contributed by atoms with van der Waals surface area (Å²) in [5.41, 5.74) is 0.960. The van der Waals surface area contributed by atoms with Crippen LogP contribution in [0.5, 0.6) is 0 Å². The fourth-order valence-electron chi connectivity index (χ4n) is 0.596. The molecule has 0 rings (SSSR count). The van der Waals surface area contributed by atoms with Gasteiger partial charge in [-0.05, 0) is 40.8 Å². The van der Waals surface area contributed by atoms with E-state index in [0.29, 0.717) is 0 Å². The molecule has 0 amide bonds. The fourth-order valence-corrected chi connectivity index (χ4v) is 0.596. The van der Waals surface area contributed by atoms with Crippen LogP contribution in [0.2, 0.25) is 0 Å². The molecule has 0 spiro atoms. The SMILES string of the molecule is CNCCC(C)ON=C(C)C. The molecule has 0 aromatic rings. The van der Waals surface area contributed by atoms with Crippen molar-refractivity contribution in [2.75, 3.05) is 13.6 Å². The Morgan fingerprint density at radius 2 is 2.18 bits per heavy atom. The van der Waals surface area contributed by atoms with Crippen molar-refractivity contribution in [3.63, 3.8) is 0 Å². The highest BCUT2D eigenvalue weighted by Gasteiger charge is 1.99. The first kappa shape index (κ1) is 10.4. The van der Waals surface area contributed by atoms with E-state index < -0.39 is 0 Å². The van der Waals surface area contributed by atoms with Crippen LogP contribution in [0, 0.1) is 0 Å². The topological polar surface area (TPSA) is 33.6 Å². The third-order valence-corrected chi connectivity index (χ3v) is 1.22. The summed E-state index contributed by atoms with van der Waals surface area (Å²) in [6.45, 7) is 6.83.